The highest BCUT2D eigenvalue weighted by atomic mass is 16.3. The van der Waals surface area contributed by atoms with Crippen molar-refractivity contribution in [2.45, 2.75) is 18.9 Å². The Bertz CT molecular complexity index is 472. The smallest absolute Gasteiger partial charge is 0.134 e. The van der Waals surface area contributed by atoms with E-state index in [2.05, 4.69) is 18.0 Å². The standard InChI is InChI=1S/C14H17NO/c1-3-4-8-13(15-2)12-10-16-14-9-6-5-7-11(12)14/h3,5-7,9-10,13,15H,1,4,8H2,2H3. The molecule has 84 valence electrons. The zero-order chi connectivity index (χ0) is 11.4. The zero-order valence-corrected chi connectivity index (χ0v) is 9.57. The fourth-order valence-corrected chi connectivity index (χ4v) is 2.01. The SMILES string of the molecule is C=CCCC(NC)c1coc2ccccc12. The largest absolute Gasteiger partial charge is 0.464 e. The van der Waals surface area contributed by atoms with Gasteiger partial charge in [-0.05, 0) is 26.0 Å². The third kappa shape index (κ3) is 2.02. The number of rotatable bonds is 5. The maximum absolute atomic E-state index is 5.55. The van der Waals surface area contributed by atoms with Crippen LogP contribution >= 0.6 is 0 Å². The van der Waals surface area contributed by atoms with Gasteiger partial charge in [0.15, 0.2) is 0 Å². The topological polar surface area (TPSA) is 25.2 Å². The Kier molecular flexibility index (Phi) is 3.42. The minimum atomic E-state index is 0.335. The van der Waals surface area contributed by atoms with Crippen molar-refractivity contribution < 1.29 is 4.42 Å². The molecule has 0 aliphatic heterocycles. The molecule has 0 radical (unpaired) electrons. The van der Waals surface area contributed by atoms with Gasteiger partial charge in [-0.15, -0.1) is 6.58 Å². The molecule has 0 fully saturated rings. The van der Waals surface area contributed by atoms with Crippen molar-refractivity contribution in [2.24, 2.45) is 0 Å². The van der Waals surface area contributed by atoms with Crippen LogP contribution in [0.15, 0.2) is 47.6 Å². The van der Waals surface area contributed by atoms with Crippen LogP contribution in [0, 0.1) is 0 Å². The van der Waals surface area contributed by atoms with E-state index in [1.54, 1.807) is 0 Å². The van der Waals surface area contributed by atoms with Gasteiger partial charge in [-0.2, -0.15) is 0 Å². The molecule has 0 amide bonds. The van der Waals surface area contributed by atoms with E-state index in [0.717, 1.165) is 18.4 Å². The average Bonchev–Trinajstić information content (AvgIpc) is 2.75. The number of furan rings is 1. The molecule has 2 aromatic rings. The second-order valence-electron chi connectivity index (χ2n) is 3.89. The van der Waals surface area contributed by atoms with Gasteiger partial charge in [0.25, 0.3) is 0 Å². The number of hydrogen-bond donors (Lipinski definition) is 1. The molecular formula is C14H17NO. The van der Waals surface area contributed by atoms with E-state index < -0.39 is 0 Å². The van der Waals surface area contributed by atoms with E-state index in [1.165, 1.54) is 10.9 Å². The summed E-state index contributed by atoms with van der Waals surface area (Å²) in [5.74, 6) is 0. The molecule has 0 spiro atoms. The fourth-order valence-electron chi connectivity index (χ4n) is 2.01. The van der Waals surface area contributed by atoms with Gasteiger partial charge in [0.05, 0.1) is 6.26 Å². The molecule has 2 nitrogen and oxygen atoms in total. The highest BCUT2D eigenvalue weighted by Gasteiger charge is 2.14. The average molecular weight is 215 g/mol. The Labute approximate surface area is 96.0 Å². The second-order valence-corrected chi connectivity index (χ2v) is 3.89. The van der Waals surface area contributed by atoms with E-state index in [1.807, 2.05) is 37.6 Å². The summed E-state index contributed by atoms with van der Waals surface area (Å²) in [5.41, 5.74) is 2.19. The Hall–Kier alpha value is -1.54. The van der Waals surface area contributed by atoms with Crippen molar-refractivity contribution in [2.75, 3.05) is 7.05 Å². The summed E-state index contributed by atoms with van der Waals surface area (Å²) in [5, 5.41) is 4.52. The molecule has 2 rings (SSSR count). The highest BCUT2D eigenvalue weighted by Crippen LogP contribution is 2.28. The van der Waals surface area contributed by atoms with Crippen LogP contribution in [-0.4, -0.2) is 7.05 Å². The maximum Gasteiger partial charge on any atom is 0.134 e. The monoisotopic (exact) mass is 215 g/mol. The molecule has 0 saturated carbocycles. The maximum atomic E-state index is 5.55. The van der Waals surface area contributed by atoms with Crippen LogP contribution in [0.25, 0.3) is 11.0 Å². The molecule has 0 aliphatic carbocycles. The van der Waals surface area contributed by atoms with E-state index in [-0.39, 0.29) is 0 Å². The second kappa shape index (κ2) is 4.99. The van der Waals surface area contributed by atoms with Crippen molar-refractivity contribution >= 4 is 11.0 Å². The van der Waals surface area contributed by atoms with Crippen LogP contribution in [0.2, 0.25) is 0 Å². The first kappa shape index (κ1) is 11.0. The predicted octanol–water partition coefficient (Wildman–Crippen LogP) is 3.66. The van der Waals surface area contributed by atoms with Crippen molar-refractivity contribution in [3.05, 3.63) is 48.7 Å². The Morgan fingerprint density at radius 2 is 2.25 bits per heavy atom. The molecule has 0 bridgehead atoms. The van der Waals surface area contributed by atoms with Gasteiger partial charge >= 0.3 is 0 Å². The van der Waals surface area contributed by atoms with E-state index in [4.69, 9.17) is 4.42 Å². The molecule has 0 saturated heterocycles. The van der Waals surface area contributed by atoms with Crippen molar-refractivity contribution in [3.8, 4) is 0 Å². The zero-order valence-electron chi connectivity index (χ0n) is 9.57. The molecular weight excluding hydrogens is 198 g/mol. The van der Waals surface area contributed by atoms with Crippen LogP contribution in [0.5, 0.6) is 0 Å². The summed E-state index contributed by atoms with van der Waals surface area (Å²) >= 11 is 0. The van der Waals surface area contributed by atoms with Gasteiger partial charge in [0.1, 0.15) is 5.58 Å². The molecule has 2 heteroatoms. The van der Waals surface area contributed by atoms with E-state index in [9.17, 15) is 0 Å². The van der Waals surface area contributed by atoms with Crippen LogP contribution < -0.4 is 5.32 Å². The normalized spacial score (nSPS) is 12.8. The van der Waals surface area contributed by atoms with E-state index in [0.29, 0.717) is 6.04 Å². The molecule has 1 heterocycles. The number of allylic oxidation sites excluding steroid dienone is 1. The number of benzene rings is 1. The van der Waals surface area contributed by atoms with Gasteiger partial charge in [-0.25, -0.2) is 0 Å². The first-order valence-corrected chi connectivity index (χ1v) is 5.61. The number of para-hydroxylation sites is 1. The summed E-state index contributed by atoms with van der Waals surface area (Å²) in [7, 11) is 1.98. The minimum Gasteiger partial charge on any atom is -0.464 e. The summed E-state index contributed by atoms with van der Waals surface area (Å²) in [6.07, 6.45) is 5.86. The third-order valence-corrected chi connectivity index (χ3v) is 2.89. The Morgan fingerprint density at radius 3 is 3.00 bits per heavy atom. The first-order valence-electron chi connectivity index (χ1n) is 5.61. The number of fused-ring (bicyclic) bond motifs is 1. The first-order chi connectivity index (χ1) is 7.86. The third-order valence-electron chi connectivity index (χ3n) is 2.89. The van der Waals surface area contributed by atoms with Crippen LogP contribution in [0.3, 0.4) is 0 Å². The molecule has 1 aromatic carbocycles. The van der Waals surface area contributed by atoms with Crippen molar-refractivity contribution in [1.82, 2.24) is 5.32 Å². The summed E-state index contributed by atoms with van der Waals surface area (Å²) in [6, 6.07) is 8.47. The fraction of sp³-hybridized carbons (Fsp3) is 0.286. The lowest BCUT2D eigenvalue weighted by atomic mass is 10.0. The number of nitrogens with one attached hydrogen (secondary N) is 1. The lowest BCUT2D eigenvalue weighted by Crippen LogP contribution is -2.15. The summed E-state index contributed by atoms with van der Waals surface area (Å²) < 4.78 is 5.55. The van der Waals surface area contributed by atoms with Crippen molar-refractivity contribution in [1.29, 1.82) is 0 Å². The van der Waals surface area contributed by atoms with E-state index >= 15 is 0 Å². The molecule has 1 atom stereocenters. The van der Waals surface area contributed by atoms with Gasteiger partial charge in [0, 0.05) is 17.0 Å². The van der Waals surface area contributed by atoms with Gasteiger partial charge in [-0.3, -0.25) is 0 Å². The van der Waals surface area contributed by atoms with Crippen LogP contribution in [0.4, 0.5) is 0 Å². The Morgan fingerprint density at radius 1 is 1.44 bits per heavy atom. The molecule has 0 aliphatic rings. The van der Waals surface area contributed by atoms with Gasteiger partial charge in [-0.1, -0.05) is 24.3 Å². The quantitative estimate of drug-likeness (QED) is 0.770. The highest BCUT2D eigenvalue weighted by molar-refractivity contribution is 5.81. The summed E-state index contributed by atoms with van der Waals surface area (Å²) in [4.78, 5) is 0. The number of hydrogen-bond acceptors (Lipinski definition) is 2. The lowest BCUT2D eigenvalue weighted by Gasteiger charge is -2.13. The lowest BCUT2D eigenvalue weighted by molar-refractivity contribution is 0.539. The molecule has 1 unspecified atom stereocenters. The molecule has 16 heavy (non-hydrogen) atoms. The van der Waals surface area contributed by atoms with Crippen molar-refractivity contribution in [3.63, 3.8) is 0 Å². The Balaban J connectivity index is 2.33. The van der Waals surface area contributed by atoms with Gasteiger partial charge < -0.3 is 9.73 Å². The van der Waals surface area contributed by atoms with Crippen LogP contribution in [-0.2, 0) is 0 Å². The molecule has 1 N–H and O–H groups in total. The predicted molar refractivity (Wildman–Crippen MR) is 67.4 cm³/mol. The van der Waals surface area contributed by atoms with Crippen LogP contribution in [0.1, 0.15) is 24.4 Å². The van der Waals surface area contributed by atoms with Gasteiger partial charge in [0.2, 0.25) is 0 Å². The molecule has 1 aromatic heterocycles. The minimum absolute atomic E-state index is 0.335. The summed E-state index contributed by atoms with van der Waals surface area (Å²) in [6.45, 7) is 3.76.